The average molecular weight is 549 g/mol. The molecule has 0 unspecified atom stereocenters. The second kappa shape index (κ2) is 10.3. The van der Waals surface area contributed by atoms with E-state index in [-0.39, 0.29) is 24.8 Å². The van der Waals surface area contributed by atoms with Gasteiger partial charge in [-0.1, -0.05) is 42.5 Å². The molecule has 0 saturated carbocycles. The van der Waals surface area contributed by atoms with E-state index in [4.69, 9.17) is 18.8 Å². The highest BCUT2D eigenvalue weighted by molar-refractivity contribution is 6.62. The number of carbonyl (C=O) groups excluding carboxylic acids is 2. The third-order valence-electron chi connectivity index (χ3n) is 8.17. The first kappa shape index (κ1) is 30.3. The number of benzene rings is 2. The maximum Gasteiger partial charge on any atom is 0.494 e. The molecule has 1 saturated heterocycles. The molecule has 1 aliphatic carbocycles. The number of ether oxygens (including phenoxy) is 2. The lowest BCUT2D eigenvalue weighted by Crippen LogP contribution is -2.41. The van der Waals surface area contributed by atoms with Crippen LogP contribution < -0.4 is 5.46 Å². The summed E-state index contributed by atoms with van der Waals surface area (Å²) in [7, 11) is -0.520. The van der Waals surface area contributed by atoms with E-state index in [1.54, 1.807) is 0 Å². The van der Waals surface area contributed by atoms with Gasteiger partial charge in [-0.25, -0.2) is 0 Å². The lowest BCUT2D eigenvalue weighted by atomic mass is 9.69. The van der Waals surface area contributed by atoms with Crippen molar-refractivity contribution in [3.63, 3.8) is 0 Å². The molecule has 0 N–H and O–H groups in total. The van der Waals surface area contributed by atoms with E-state index in [0.717, 1.165) is 27.7 Å². The van der Waals surface area contributed by atoms with Crippen LogP contribution in [0.2, 0.25) is 0 Å². The van der Waals surface area contributed by atoms with Crippen molar-refractivity contribution in [2.75, 3.05) is 0 Å². The number of hydrogen-bond donors (Lipinski definition) is 0. The highest BCUT2D eigenvalue weighted by atomic mass is 16.7. The molecule has 0 amide bonds. The predicted octanol–water partition coefficient (Wildman–Crippen LogP) is 6.50. The van der Waals surface area contributed by atoms with Crippen LogP contribution in [0.4, 0.5) is 0 Å². The summed E-state index contributed by atoms with van der Waals surface area (Å²) < 4.78 is 24.2. The van der Waals surface area contributed by atoms with E-state index in [0.29, 0.717) is 12.8 Å². The van der Waals surface area contributed by atoms with Crippen LogP contribution in [0.25, 0.3) is 11.1 Å². The number of fused-ring (bicyclic) bond motifs is 3. The van der Waals surface area contributed by atoms with Gasteiger partial charge >= 0.3 is 19.1 Å². The number of carbonyl (C=O) groups is 2. The van der Waals surface area contributed by atoms with Crippen LogP contribution in [0, 0.1) is 0 Å². The van der Waals surface area contributed by atoms with Gasteiger partial charge in [0.25, 0.3) is 0 Å². The Bertz CT molecular complexity index is 1230. The minimum Gasteiger partial charge on any atom is -0.460 e. The van der Waals surface area contributed by atoms with E-state index in [1.807, 2.05) is 81.4 Å². The molecule has 40 heavy (non-hydrogen) atoms. The van der Waals surface area contributed by atoms with Gasteiger partial charge in [-0.3, -0.25) is 9.59 Å². The Morgan fingerprint density at radius 3 is 1.70 bits per heavy atom. The van der Waals surface area contributed by atoms with Crippen molar-refractivity contribution >= 4 is 24.5 Å². The van der Waals surface area contributed by atoms with Gasteiger partial charge in [-0.2, -0.15) is 0 Å². The van der Waals surface area contributed by atoms with Crippen molar-refractivity contribution in [2.24, 2.45) is 0 Å². The summed E-state index contributed by atoms with van der Waals surface area (Å²) in [6, 6.07) is 14.6. The SMILES string of the molecule is CC(C)(C)OC(=O)CCC1(CCC(=O)OC(C)(C)C)c2ccccc2-c2ccc(B3OC(C)(C)C(C)(C)O3)cc21. The summed E-state index contributed by atoms with van der Waals surface area (Å²) >= 11 is 0. The molecule has 6 nitrogen and oxygen atoms in total. The molecular weight excluding hydrogens is 503 g/mol. The fourth-order valence-electron chi connectivity index (χ4n) is 5.68. The Balaban J connectivity index is 1.78. The lowest BCUT2D eigenvalue weighted by Gasteiger charge is -2.33. The summed E-state index contributed by atoms with van der Waals surface area (Å²) in [6.07, 6.45) is 1.45. The first-order chi connectivity index (χ1) is 18.3. The van der Waals surface area contributed by atoms with Gasteiger partial charge in [0.2, 0.25) is 0 Å². The molecule has 1 aliphatic heterocycles. The van der Waals surface area contributed by atoms with E-state index in [9.17, 15) is 9.59 Å². The lowest BCUT2D eigenvalue weighted by molar-refractivity contribution is -0.155. The molecule has 2 aliphatic rings. The molecule has 0 atom stereocenters. The quantitative estimate of drug-likeness (QED) is 0.291. The third kappa shape index (κ3) is 6.16. The van der Waals surface area contributed by atoms with E-state index in [1.165, 1.54) is 0 Å². The molecule has 1 fully saturated rings. The number of rotatable bonds is 7. The zero-order valence-corrected chi connectivity index (χ0v) is 25.9. The highest BCUT2D eigenvalue weighted by Gasteiger charge is 2.52. The highest BCUT2D eigenvalue weighted by Crippen LogP contribution is 2.53. The molecule has 4 rings (SSSR count). The van der Waals surface area contributed by atoms with E-state index in [2.05, 4.69) is 30.3 Å². The zero-order valence-electron chi connectivity index (χ0n) is 25.9. The van der Waals surface area contributed by atoms with Gasteiger partial charge in [-0.15, -0.1) is 0 Å². The largest absolute Gasteiger partial charge is 0.494 e. The Morgan fingerprint density at radius 2 is 1.20 bits per heavy atom. The van der Waals surface area contributed by atoms with Gasteiger partial charge in [0.15, 0.2) is 0 Å². The molecule has 0 bridgehead atoms. The second-order valence-corrected chi connectivity index (χ2v) is 14.2. The number of hydrogen-bond acceptors (Lipinski definition) is 6. The van der Waals surface area contributed by atoms with Crippen molar-refractivity contribution < 1.29 is 28.4 Å². The van der Waals surface area contributed by atoms with Crippen LogP contribution in [0.15, 0.2) is 42.5 Å². The van der Waals surface area contributed by atoms with Gasteiger partial charge in [0.05, 0.1) is 11.2 Å². The molecule has 216 valence electrons. The molecule has 2 aromatic carbocycles. The van der Waals surface area contributed by atoms with Gasteiger partial charge in [0, 0.05) is 18.3 Å². The van der Waals surface area contributed by atoms with Crippen LogP contribution in [0.5, 0.6) is 0 Å². The summed E-state index contributed by atoms with van der Waals surface area (Å²) in [6.45, 7) is 19.4. The molecule has 1 heterocycles. The topological polar surface area (TPSA) is 71.1 Å². The maximum atomic E-state index is 13.0. The Morgan fingerprint density at radius 1 is 0.725 bits per heavy atom. The standard InChI is InChI=1S/C33H45BO6/c1-29(2,3)37-27(35)17-19-33(20-18-28(36)38-30(4,5)6)25-14-12-11-13-23(25)24-16-15-22(21-26(24)33)34-39-31(7,8)32(9,10)40-34/h11-16,21H,17-20H2,1-10H3. The normalized spacial score (nSPS) is 18.7. The summed E-state index contributed by atoms with van der Waals surface area (Å²) in [4.78, 5) is 25.9. The average Bonchev–Trinajstić information content (AvgIpc) is 3.21. The summed E-state index contributed by atoms with van der Waals surface area (Å²) in [5.74, 6) is -0.505. The van der Waals surface area contributed by atoms with E-state index >= 15 is 0 Å². The fourth-order valence-corrected chi connectivity index (χ4v) is 5.68. The van der Waals surface area contributed by atoms with Crippen molar-refractivity contribution in [1.82, 2.24) is 0 Å². The van der Waals surface area contributed by atoms with Crippen LogP contribution in [-0.4, -0.2) is 41.5 Å². The maximum absolute atomic E-state index is 13.0. The fraction of sp³-hybridized carbons (Fsp3) is 0.576. The number of esters is 2. The van der Waals surface area contributed by atoms with Crippen LogP contribution in [-0.2, 0) is 33.8 Å². The van der Waals surface area contributed by atoms with Crippen molar-refractivity contribution in [3.05, 3.63) is 53.6 Å². The van der Waals surface area contributed by atoms with Gasteiger partial charge in [0.1, 0.15) is 11.2 Å². The summed E-state index contributed by atoms with van der Waals surface area (Å²) in [5, 5.41) is 0. The molecule has 0 radical (unpaired) electrons. The van der Waals surface area contributed by atoms with Crippen molar-refractivity contribution in [1.29, 1.82) is 0 Å². The molecular formula is C33H45BO6. The Labute approximate surface area is 240 Å². The molecule has 0 spiro atoms. The minimum atomic E-state index is -0.584. The van der Waals surface area contributed by atoms with Gasteiger partial charge < -0.3 is 18.8 Å². The Kier molecular flexibility index (Phi) is 7.83. The monoisotopic (exact) mass is 548 g/mol. The van der Waals surface area contributed by atoms with Crippen molar-refractivity contribution in [2.45, 2.75) is 123 Å². The smallest absolute Gasteiger partial charge is 0.460 e. The van der Waals surface area contributed by atoms with E-state index < -0.39 is 34.9 Å². The van der Waals surface area contributed by atoms with Crippen molar-refractivity contribution in [3.8, 4) is 11.1 Å². The first-order valence-corrected chi connectivity index (χ1v) is 14.4. The van der Waals surface area contributed by atoms with Gasteiger partial charge in [-0.05, 0) is 110 Å². The van der Waals surface area contributed by atoms with Crippen LogP contribution in [0.1, 0.15) is 106 Å². The first-order valence-electron chi connectivity index (χ1n) is 14.4. The summed E-state index contributed by atoms with van der Waals surface area (Å²) in [5.41, 5.74) is 2.66. The van der Waals surface area contributed by atoms with Crippen LogP contribution in [0.3, 0.4) is 0 Å². The van der Waals surface area contributed by atoms with Crippen LogP contribution >= 0.6 is 0 Å². The third-order valence-corrected chi connectivity index (χ3v) is 8.17. The molecule has 2 aromatic rings. The molecule has 7 heteroatoms. The minimum absolute atomic E-state index is 0.222. The second-order valence-electron chi connectivity index (χ2n) is 14.2. The predicted molar refractivity (Wildman–Crippen MR) is 159 cm³/mol. The Hall–Kier alpha value is -2.64. The zero-order chi connectivity index (χ0) is 29.7. The molecule has 0 aromatic heterocycles.